The number of carbonyl (C=O) groups excluding carboxylic acids is 1. The average molecular weight is 372 g/mol. The van der Waals surface area contributed by atoms with Gasteiger partial charge < -0.3 is 15.4 Å². The van der Waals surface area contributed by atoms with E-state index in [1.807, 2.05) is 0 Å². The molecule has 1 aliphatic heterocycles. The van der Waals surface area contributed by atoms with Gasteiger partial charge in [-0.3, -0.25) is 4.98 Å². The summed E-state index contributed by atoms with van der Waals surface area (Å²) in [5.74, 6) is -0.459. The van der Waals surface area contributed by atoms with E-state index in [0.29, 0.717) is 22.2 Å². The highest BCUT2D eigenvalue weighted by atomic mass is 79.9. The van der Waals surface area contributed by atoms with Crippen LogP contribution in [0.5, 0.6) is 0 Å². The Morgan fingerprint density at radius 1 is 1.50 bits per heavy atom. The Morgan fingerprint density at radius 3 is 2.77 bits per heavy atom. The third-order valence-electron chi connectivity index (χ3n) is 3.03. The molecule has 2 N–H and O–H groups in total. The van der Waals surface area contributed by atoms with E-state index in [9.17, 15) is 9.18 Å². The van der Waals surface area contributed by atoms with E-state index in [1.165, 1.54) is 11.1 Å². The molecular formula is C15H19BrFN3O2. The van der Waals surface area contributed by atoms with Crippen molar-refractivity contribution in [2.45, 2.75) is 32.4 Å². The molecule has 0 spiro atoms. The highest BCUT2D eigenvalue weighted by molar-refractivity contribution is 9.10. The molecule has 5 nitrogen and oxygen atoms in total. The van der Waals surface area contributed by atoms with Gasteiger partial charge in [-0.05, 0) is 42.3 Å². The third kappa shape index (κ3) is 4.04. The van der Waals surface area contributed by atoms with Crippen molar-refractivity contribution in [3.05, 3.63) is 34.3 Å². The maximum Gasteiger partial charge on any atom is 0.410 e. The number of carbonyl (C=O) groups is 1. The van der Waals surface area contributed by atoms with E-state index in [2.05, 4.69) is 20.9 Å². The highest BCUT2D eigenvalue weighted by Gasteiger charge is 2.28. The number of amides is 1. The summed E-state index contributed by atoms with van der Waals surface area (Å²) >= 11 is 3.29. The third-order valence-corrected chi connectivity index (χ3v) is 3.64. The van der Waals surface area contributed by atoms with Crippen LogP contribution in [0.15, 0.2) is 22.9 Å². The first-order valence-electron chi connectivity index (χ1n) is 6.91. The second kappa shape index (κ2) is 6.34. The minimum absolute atomic E-state index is 0.238. The lowest BCUT2D eigenvalue weighted by atomic mass is 10.00. The zero-order valence-corrected chi connectivity index (χ0v) is 14.4. The van der Waals surface area contributed by atoms with E-state index in [0.717, 1.165) is 6.20 Å². The molecule has 0 bridgehead atoms. The monoisotopic (exact) mass is 371 g/mol. The van der Waals surface area contributed by atoms with Crippen LogP contribution in [0.3, 0.4) is 0 Å². The second-order valence-electron chi connectivity index (χ2n) is 6.19. The minimum Gasteiger partial charge on any atom is -0.444 e. The largest absolute Gasteiger partial charge is 0.444 e. The molecule has 1 atom stereocenters. The molecule has 0 saturated heterocycles. The molecule has 22 heavy (non-hydrogen) atoms. The summed E-state index contributed by atoms with van der Waals surface area (Å²) in [6.45, 7) is 5.96. The van der Waals surface area contributed by atoms with Gasteiger partial charge in [0.25, 0.3) is 0 Å². The van der Waals surface area contributed by atoms with Crippen molar-refractivity contribution < 1.29 is 13.9 Å². The van der Waals surface area contributed by atoms with E-state index in [1.54, 1.807) is 26.8 Å². The van der Waals surface area contributed by atoms with Crippen molar-refractivity contribution in [1.82, 2.24) is 9.88 Å². The van der Waals surface area contributed by atoms with E-state index in [4.69, 9.17) is 10.5 Å². The predicted octanol–water partition coefficient (Wildman–Crippen LogP) is 2.94. The summed E-state index contributed by atoms with van der Waals surface area (Å²) in [5.41, 5.74) is 6.39. The number of rotatable bonds is 1. The fourth-order valence-corrected chi connectivity index (χ4v) is 2.80. The topological polar surface area (TPSA) is 68.5 Å². The van der Waals surface area contributed by atoms with Gasteiger partial charge >= 0.3 is 6.09 Å². The molecule has 0 saturated carbocycles. The Kier molecular flexibility index (Phi) is 4.87. The van der Waals surface area contributed by atoms with Crippen LogP contribution in [0.1, 0.15) is 26.3 Å². The standard InChI is InChI=1S/C15H19BrFN3O2/c1-15(2,3)22-14(21)20-7-9(4-10(18)8-20)13-11(16)5-19-6-12(13)17/h4-6,10H,7-8,18H2,1-3H3. The lowest BCUT2D eigenvalue weighted by Gasteiger charge is -2.32. The number of nitrogens with two attached hydrogens (primary N) is 1. The molecule has 1 aromatic rings. The molecule has 0 fully saturated rings. The lowest BCUT2D eigenvalue weighted by molar-refractivity contribution is 0.0265. The summed E-state index contributed by atoms with van der Waals surface area (Å²) in [6, 6.07) is -0.379. The van der Waals surface area contributed by atoms with Crippen molar-refractivity contribution >= 4 is 27.6 Å². The summed E-state index contributed by atoms with van der Waals surface area (Å²) in [6.07, 6.45) is 3.96. The second-order valence-corrected chi connectivity index (χ2v) is 7.05. The van der Waals surface area contributed by atoms with Crippen LogP contribution in [0, 0.1) is 5.82 Å². The summed E-state index contributed by atoms with van der Waals surface area (Å²) in [5, 5.41) is 0. The van der Waals surface area contributed by atoms with Gasteiger partial charge in [0, 0.05) is 35.4 Å². The van der Waals surface area contributed by atoms with Crippen LogP contribution in [0.2, 0.25) is 0 Å². The van der Waals surface area contributed by atoms with Gasteiger partial charge in [0.2, 0.25) is 0 Å². The zero-order valence-electron chi connectivity index (χ0n) is 12.8. The molecule has 1 amide bonds. The Labute approximate surface area is 137 Å². The number of hydrogen-bond acceptors (Lipinski definition) is 4. The zero-order chi connectivity index (χ0) is 16.5. The van der Waals surface area contributed by atoms with Gasteiger partial charge in [0.05, 0.1) is 6.20 Å². The van der Waals surface area contributed by atoms with Gasteiger partial charge in [0.1, 0.15) is 11.4 Å². The van der Waals surface area contributed by atoms with Gasteiger partial charge in [0.15, 0.2) is 0 Å². The number of nitrogens with zero attached hydrogens (tertiary/aromatic N) is 2. The molecule has 1 unspecified atom stereocenters. The minimum atomic E-state index is -0.592. The Bertz CT molecular complexity index is 593. The van der Waals surface area contributed by atoms with Gasteiger partial charge in [-0.15, -0.1) is 0 Å². The summed E-state index contributed by atoms with van der Waals surface area (Å²) in [4.78, 5) is 17.5. The van der Waals surface area contributed by atoms with Gasteiger partial charge in [-0.25, -0.2) is 9.18 Å². The number of pyridine rings is 1. The van der Waals surface area contributed by atoms with Crippen LogP contribution >= 0.6 is 15.9 Å². The fraction of sp³-hybridized carbons (Fsp3) is 0.467. The average Bonchev–Trinajstić information content (AvgIpc) is 2.35. The van der Waals surface area contributed by atoms with Crippen molar-refractivity contribution in [1.29, 1.82) is 0 Å². The normalized spacial score (nSPS) is 18.9. The van der Waals surface area contributed by atoms with Crippen molar-refractivity contribution in [3.8, 4) is 0 Å². The van der Waals surface area contributed by atoms with Crippen LogP contribution < -0.4 is 5.73 Å². The fourth-order valence-electron chi connectivity index (χ4n) is 2.23. The molecule has 120 valence electrons. The summed E-state index contributed by atoms with van der Waals surface area (Å²) in [7, 11) is 0. The number of halogens is 2. The van der Waals surface area contributed by atoms with Gasteiger partial charge in [-0.2, -0.15) is 0 Å². The quantitative estimate of drug-likeness (QED) is 0.823. The van der Waals surface area contributed by atoms with Crippen LogP contribution in [0.4, 0.5) is 9.18 Å². The molecule has 1 aromatic heterocycles. The molecule has 1 aliphatic rings. The molecule has 0 aromatic carbocycles. The molecule has 2 heterocycles. The van der Waals surface area contributed by atoms with E-state index < -0.39 is 17.5 Å². The number of aromatic nitrogens is 1. The first-order valence-corrected chi connectivity index (χ1v) is 7.70. The number of ether oxygens (including phenoxy) is 1. The van der Waals surface area contributed by atoms with Crippen molar-refractivity contribution in [2.75, 3.05) is 13.1 Å². The van der Waals surface area contributed by atoms with Gasteiger partial charge in [-0.1, -0.05) is 6.08 Å². The van der Waals surface area contributed by atoms with Crippen molar-refractivity contribution in [2.24, 2.45) is 5.73 Å². The predicted molar refractivity (Wildman–Crippen MR) is 85.7 cm³/mol. The number of hydrogen-bond donors (Lipinski definition) is 1. The van der Waals surface area contributed by atoms with E-state index >= 15 is 0 Å². The smallest absolute Gasteiger partial charge is 0.410 e. The molecule has 7 heteroatoms. The van der Waals surface area contributed by atoms with E-state index in [-0.39, 0.29) is 12.6 Å². The molecular weight excluding hydrogens is 353 g/mol. The van der Waals surface area contributed by atoms with Crippen LogP contribution in [-0.4, -0.2) is 40.7 Å². The maximum atomic E-state index is 14.1. The molecule has 2 rings (SSSR count). The first-order chi connectivity index (χ1) is 10.2. The SMILES string of the molecule is CC(C)(C)OC(=O)N1CC(c2c(F)cncc2Br)=CC(N)C1. The highest BCUT2D eigenvalue weighted by Crippen LogP contribution is 2.29. The van der Waals surface area contributed by atoms with Crippen molar-refractivity contribution in [3.63, 3.8) is 0 Å². The van der Waals surface area contributed by atoms with Crippen LogP contribution in [0.25, 0.3) is 5.57 Å². The molecule has 0 radical (unpaired) electrons. The Hall–Kier alpha value is -1.47. The molecule has 0 aliphatic carbocycles. The Morgan fingerprint density at radius 2 is 2.18 bits per heavy atom. The summed E-state index contributed by atoms with van der Waals surface area (Å²) < 4.78 is 19.9. The van der Waals surface area contributed by atoms with Crippen LogP contribution in [-0.2, 0) is 4.74 Å². The lowest BCUT2D eigenvalue weighted by Crippen LogP contribution is -2.46. The maximum absolute atomic E-state index is 14.1. The Balaban J connectivity index is 2.26. The first kappa shape index (κ1) is 16.9.